The predicted octanol–water partition coefficient (Wildman–Crippen LogP) is 0.290. The van der Waals surface area contributed by atoms with Crippen LogP contribution in [0.2, 0.25) is 0 Å². The van der Waals surface area contributed by atoms with Crippen molar-refractivity contribution in [3.8, 4) is 0 Å². The van der Waals surface area contributed by atoms with Gasteiger partial charge in [0.05, 0.1) is 0 Å². The number of aryl methyl sites for hydroxylation is 2. The van der Waals surface area contributed by atoms with Gasteiger partial charge in [0.25, 0.3) is 0 Å². The Morgan fingerprint density at radius 3 is 1.00 bits per heavy atom. The van der Waals surface area contributed by atoms with Crippen molar-refractivity contribution < 1.29 is 40.9 Å². The molecular weight excluding hydrogens is 479 g/mol. The number of carbonyl (C=O) groups is 2. The normalized spacial score (nSPS) is 7.48. The van der Waals surface area contributed by atoms with Gasteiger partial charge in [-0.3, -0.25) is 9.97 Å². The van der Waals surface area contributed by atoms with Gasteiger partial charge >= 0.3 is 21.1 Å². The quantitative estimate of drug-likeness (QED) is 0.516. The Bertz CT molecular complexity index is 465. The number of aromatic nitrogens is 2. The summed E-state index contributed by atoms with van der Waals surface area (Å²) in [7, 11) is 0. The fourth-order valence-corrected chi connectivity index (χ4v) is 0.853. The van der Waals surface area contributed by atoms with Crippen molar-refractivity contribution in [3.05, 3.63) is 60.2 Å². The van der Waals surface area contributed by atoms with Crippen LogP contribution in [0.3, 0.4) is 0 Å². The molecule has 0 spiro atoms. The Labute approximate surface area is 150 Å². The van der Waals surface area contributed by atoms with Crippen LogP contribution < -0.4 is 10.2 Å². The van der Waals surface area contributed by atoms with E-state index in [1.807, 2.05) is 38.1 Å². The van der Waals surface area contributed by atoms with Gasteiger partial charge in [0.15, 0.2) is 0 Å². The maximum absolute atomic E-state index is 8.89. The summed E-state index contributed by atoms with van der Waals surface area (Å²) in [5.41, 5.74) is 2.52. The van der Waals surface area contributed by atoms with Gasteiger partial charge in [0.2, 0.25) is 0 Å². The van der Waals surface area contributed by atoms with Gasteiger partial charge in [-0.05, 0) is 63.1 Å². The summed E-state index contributed by atoms with van der Waals surface area (Å²) in [6.07, 6.45) is 7.15. The zero-order valence-corrected chi connectivity index (χ0v) is 15.7. The third-order valence-electron chi connectivity index (χ3n) is 1.69. The molecule has 0 saturated carbocycles. The third-order valence-corrected chi connectivity index (χ3v) is 1.69. The molecule has 6 nitrogen and oxygen atoms in total. The molecule has 23 heavy (non-hydrogen) atoms. The van der Waals surface area contributed by atoms with Crippen LogP contribution in [0, 0.1) is 13.8 Å². The van der Waals surface area contributed by atoms with E-state index in [1.165, 1.54) is 11.1 Å². The number of carboxylic acids is 2. The first-order valence-electron chi connectivity index (χ1n) is 6.34. The molecule has 2 aromatic rings. The Hall–Kier alpha value is -2.07. The summed E-state index contributed by atoms with van der Waals surface area (Å²) < 4.78 is 0. The molecule has 0 radical (unpaired) electrons. The molecule has 128 valence electrons. The largest absolute Gasteiger partial charge is 2.00 e. The minimum Gasteiger partial charge on any atom is -0.550 e. The van der Waals surface area contributed by atoms with Crippen LogP contribution in [0.15, 0.2) is 49.1 Å². The molecule has 0 atom stereocenters. The number of nitrogens with zero attached hydrogens (tertiary/aromatic N) is 2. The average Bonchev–Trinajstić information content (AvgIpc) is 2.40. The topological polar surface area (TPSA) is 106 Å². The van der Waals surface area contributed by atoms with Gasteiger partial charge in [-0.15, -0.1) is 0 Å². The monoisotopic (exact) mass is 499 g/mol. The zero-order chi connectivity index (χ0) is 17.4. The molecule has 0 aromatic carbocycles. The van der Waals surface area contributed by atoms with E-state index in [-0.39, 0.29) is 21.1 Å². The molecule has 2 aromatic heterocycles. The molecule has 0 aliphatic rings. The SMILES string of the molecule is CC(=O)[O-].CC(=O)[O-].Cc1ccncc1.Cc1ccncc1.[Pt+2]. The Kier molecular flexibility index (Phi) is 20.2. The molecule has 7 heteroatoms. The molecular formula is C16H20N2O4Pt. The number of aliphatic carboxylic acids is 2. The summed E-state index contributed by atoms with van der Waals surface area (Å²) in [5, 5.41) is 17.8. The Balaban J connectivity index is -0.000000238. The molecule has 0 aliphatic carbocycles. The molecule has 0 amide bonds. The van der Waals surface area contributed by atoms with Crippen molar-refractivity contribution in [2.75, 3.05) is 0 Å². The number of hydrogen-bond acceptors (Lipinski definition) is 6. The van der Waals surface area contributed by atoms with Crippen molar-refractivity contribution in [2.45, 2.75) is 27.7 Å². The minimum absolute atomic E-state index is 0. The van der Waals surface area contributed by atoms with Crippen LogP contribution in [-0.2, 0) is 30.7 Å². The molecule has 0 unspecified atom stereocenters. The van der Waals surface area contributed by atoms with Crippen molar-refractivity contribution in [3.63, 3.8) is 0 Å². The molecule has 0 bridgehead atoms. The first-order chi connectivity index (χ1) is 10.3. The number of pyridine rings is 2. The number of carbonyl (C=O) groups excluding carboxylic acids is 2. The fraction of sp³-hybridized carbons (Fsp3) is 0.250. The second-order valence-corrected chi connectivity index (χ2v) is 4.03. The van der Waals surface area contributed by atoms with Crippen LogP contribution in [0.25, 0.3) is 0 Å². The van der Waals surface area contributed by atoms with E-state index in [0.29, 0.717) is 0 Å². The van der Waals surface area contributed by atoms with Gasteiger partial charge < -0.3 is 19.8 Å². The summed E-state index contributed by atoms with van der Waals surface area (Å²) in [6.45, 7) is 6.03. The molecule has 2 rings (SSSR count). The predicted molar refractivity (Wildman–Crippen MR) is 79.3 cm³/mol. The van der Waals surface area contributed by atoms with Crippen molar-refractivity contribution in [2.24, 2.45) is 0 Å². The number of rotatable bonds is 0. The van der Waals surface area contributed by atoms with Crippen molar-refractivity contribution >= 4 is 11.9 Å². The second-order valence-electron chi connectivity index (χ2n) is 4.03. The van der Waals surface area contributed by atoms with Crippen LogP contribution in [0.1, 0.15) is 25.0 Å². The maximum atomic E-state index is 8.89. The third kappa shape index (κ3) is 33.0. The smallest absolute Gasteiger partial charge is 0.550 e. The molecule has 0 saturated heterocycles. The van der Waals surface area contributed by atoms with E-state index in [2.05, 4.69) is 9.97 Å². The summed E-state index contributed by atoms with van der Waals surface area (Å²) in [5.74, 6) is -2.17. The zero-order valence-electron chi connectivity index (χ0n) is 13.5. The van der Waals surface area contributed by atoms with Crippen LogP contribution in [0.4, 0.5) is 0 Å². The van der Waals surface area contributed by atoms with E-state index in [1.54, 1.807) is 24.8 Å². The van der Waals surface area contributed by atoms with Crippen LogP contribution >= 0.6 is 0 Å². The Morgan fingerprint density at radius 2 is 0.913 bits per heavy atom. The van der Waals surface area contributed by atoms with Crippen molar-refractivity contribution in [1.29, 1.82) is 0 Å². The Morgan fingerprint density at radius 1 is 0.739 bits per heavy atom. The standard InChI is InChI=1S/2C6H7N.2C2H4O2.Pt/c2*1-6-2-4-7-5-3-6;2*1-2(3)4;/h2*2-5H,1H3;2*1H3,(H,3,4);/q;;;;+2/p-2. The summed E-state index contributed by atoms with van der Waals surface area (Å²) >= 11 is 0. The van der Waals surface area contributed by atoms with Gasteiger partial charge in [0.1, 0.15) is 0 Å². The van der Waals surface area contributed by atoms with Gasteiger partial charge in [0, 0.05) is 36.7 Å². The van der Waals surface area contributed by atoms with Crippen LogP contribution in [0.5, 0.6) is 0 Å². The number of hydrogen-bond donors (Lipinski definition) is 0. The molecule has 0 N–H and O–H groups in total. The summed E-state index contributed by atoms with van der Waals surface area (Å²) in [4.78, 5) is 25.5. The van der Waals surface area contributed by atoms with Gasteiger partial charge in [-0.1, -0.05) is 0 Å². The van der Waals surface area contributed by atoms with E-state index >= 15 is 0 Å². The van der Waals surface area contributed by atoms with E-state index in [0.717, 1.165) is 13.8 Å². The fourth-order valence-electron chi connectivity index (χ4n) is 0.853. The average molecular weight is 499 g/mol. The molecule has 0 fully saturated rings. The molecule has 0 aliphatic heterocycles. The number of carboxylic acid groups (broad SMARTS) is 2. The minimum atomic E-state index is -1.08. The van der Waals surface area contributed by atoms with E-state index in [4.69, 9.17) is 19.8 Å². The van der Waals surface area contributed by atoms with Gasteiger partial charge in [-0.2, -0.15) is 0 Å². The first kappa shape index (κ1) is 25.9. The second kappa shape index (κ2) is 18.0. The summed E-state index contributed by atoms with van der Waals surface area (Å²) in [6, 6.07) is 7.89. The van der Waals surface area contributed by atoms with E-state index in [9.17, 15) is 0 Å². The van der Waals surface area contributed by atoms with Crippen LogP contribution in [-0.4, -0.2) is 21.9 Å². The first-order valence-corrected chi connectivity index (χ1v) is 6.34. The van der Waals surface area contributed by atoms with E-state index < -0.39 is 11.9 Å². The van der Waals surface area contributed by atoms with Crippen molar-refractivity contribution in [1.82, 2.24) is 9.97 Å². The van der Waals surface area contributed by atoms with Gasteiger partial charge in [-0.25, -0.2) is 0 Å². The maximum Gasteiger partial charge on any atom is 2.00 e. The molecule has 2 heterocycles.